The topological polar surface area (TPSA) is 98.3 Å². The normalized spacial score (nSPS) is 11.5. The van der Waals surface area contributed by atoms with E-state index in [0.29, 0.717) is 23.3 Å². The van der Waals surface area contributed by atoms with Crippen molar-refractivity contribution in [3.63, 3.8) is 0 Å². The number of nitrogen functional groups attached to an aromatic ring is 1. The number of aromatic amines is 1. The van der Waals surface area contributed by atoms with Crippen LogP contribution in [0.3, 0.4) is 0 Å². The minimum absolute atomic E-state index is 0.484. The summed E-state index contributed by atoms with van der Waals surface area (Å²) in [7, 11) is 0. The fourth-order valence-electron chi connectivity index (χ4n) is 2.07. The maximum Gasteiger partial charge on any atom is 0.252 e. The van der Waals surface area contributed by atoms with Gasteiger partial charge in [0.05, 0.1) is 11.1 Å². The Bertz CT molecular complexity index is 696. The molecular weight excluding hydrogens is 242 g/mol. The Morgan fingerprint density at radius 1 is 1.32 bits per heavy atom. The third kappa shape index (κ3) is 1.92. The minimum atomic E-state index is 0.484. The highest BCUT2D eigenvalue weighted by atomic mass is 15.4. The number of fused-ring (bicyclic) bond motifs is 1. The van der Waals surface area contributed by atoms with Crippen molar-refractivity contribution in [2.45, 2.75) is 20.3 Å². The maximum atomic E-state index is 5.93. The van der Waals surface area contributed by atoms with Gasteiger partial charge in [-0.05, 0) is 18.4 Å². The summed E-state index contributed by atoms with van der Waals surface area (Å²) in [6, 6.07) is 1.76. The van der Waals surface area contributed by atoms with Crippen LogP contribution in [-0.2, 0) is 6.42 Å². The number of nitrogens with two attached hydrogens (primary N) is 1. The predicted octanol–water partition coefficient (Wildman–Crippen LogP) is 1.32. The van der Waals surface area contributed by atoms with Crippen LogP contribution in [-0.4, -0.2) is 29.9 Å². The van der Waals surface area contributed by atoms with Crippen molar-refractivity contribution in [1.82, 2.24) is 29.9 Å². The summed E-state index contributed by atoms with van der Waals surface area (Å²) in [5.41, 5.74) is 7.52. The van der Waals surface area contributed by atoms with Crippen molar-refractivity contribution < 1.29 is 0 Å². The van der Waals surface area contributed by atoms with Crippen molar-refractivity contribution in [3.05, 3.63) is 24.2 Å². The SMILES string of the molecule is CC(C)Cc1nn(-c2ncccn2)c2n[nH]c(N)c12. The highest BCUT2D eigenvalue weighted by Gasteiger charge is 2.19. The number of H-pyrrole nitrogens is 1. The summed E-state index contributed by atoms with van der Waals surface area (Å²) in [5, 5.41) is 12.4. The van der Waals surface area contributed by atoms with Crippen LogP contribution in [0.1, 0.15) is 19.5 Å². The number of anilines is 1. The average Bonchev–Trinajstić information content (AvgIpc) is 2.93. The molecule has 0 fully saturated rings. The lowest BCUT2D eigenvalue weighted by atomic mass is 10.1. The van der Waals surface area contributed by atoms with E-state index in [0.717, 1.165) is 17.5 Å². The molecular formula is C12H15N7. The molecule has 0 aliphatic carbocycles. The van der Waals surface area contributed by atoms with Crippen LogP contribution in [0.2, 0.25) is 0 Å². The van der Waals surface area contributed by atoms with Gasteiger partial charge in [0, 0.05) is 12.4 Å². The van der Waals surface area contributed by atoms with E-state index in [1.165, 1.54) is 0 Å². The van der Waals surface area contributed by atoms with Gasteiger partial charge in [0.2, 0.25) is 0 Å². The molecule has 0 atom stereocenters. The highest BCUT2D eigenvalue weighted by Crippen LogP contribution is 2.25. The van der Waals surface area contributed by atoms with Crippen molar-refractivity contribution in [2.24, 2.45) is 5.92 Å². The summed E-state index contributed by atoms with van der Waals surface area (Å²) in [6.07, 6.45) is 4.18. The zero-order valence-corrected chi connectivity index (χ0v) is 10.8. The Kier molecular flexibility index (Phi) is 2.66. The monoisotopic (exact) mass is 257 g/mol. The van der Waals surface area contributed by atoms with Crippen molar-refractivity contribution >= 4 is 16.9 Å². The van der Waals surface area contributed by atoms with E-state index < -0.39 is 0 Å². The second kappa shape index (κ2) is 4.34. The van der Waals surface area contributed by atoms with Crippen LogP contribution in [0, 0.1) is 5.92 Å². The number of hydrogen-bond donors (Lipinski definition) is 2. The molecule has 7 nitrogen and oxygen atoms in total. The molecule has 0 unspecified atom stereocenters. The number of nitrogens with zero attached hydrogens (tertiary/aromatic N) is 5. The number of hydrogen-bond acceptors (Lipinski definition) is 5. The van der Waals surface area contributed by atoms with E-state index in [1.807, 2.05) is 0 Å². The molecule has 3 heterocycles. The van der Waals surface area contributed by atoms with Gasteiger partial charge in [0.1, 0.15) is 5.82 Å². The summed E-state index contributed by atoms with van der Waals surface area (Å²) in [5.74, 6) is 1.51. The molecule has 3 aromatic rings. The number of rotatable bonds is 3. The van der Waals surface area contributed by atoms with E-state index in [9.17, 15) is 0 Å². The quantitative estimate of drug-likeness (QED) is 0.737. The Morgan fingerprint density at radius 3 is 2.74 bits per heavy atom. The molecule has 0 amide bonds. The Labute approximate surface area is 109 Å². The van der Waals surface area contributed by atoms with Gasteiger partial charge in [-0.3, -0.25) is 5.10 Å². The van der Waals surface area contributed by atoms with Crippen LogP contribution >= 0.6 is 0 Å². The smallest absolute Gasteiger partial charge is 0.252 e. The standard InChI is InChI=1S/C12H15N7/c1-7(2)6-8-9-10(13)16-17-11(9)19(18-8)12-14-4-3-5-15-12/h3-5,7H,6H2,1-2H3,(H3,13,16,17). The van der Waals surface area contributed by atoms with E-state index in [1.54, 1.807) is 23.1 Å². The molecule has 3 N–H and O–H groups in total. The maximum absolute atomic E-state index is 5.93. The van der Waals surface area contributed by atoms with Crippen LogP contribution in [0.15, 0.2) is 18.5 Å². The molecule has 0 aliphatic rings. The highest BCUT2D eigenvalue weighted by molar-refractivity contribution is 5.89. The van der Waals surface area contributed by atoms with E-state index >= 15 is 0 Å². The lowest BCUT2D eigenvalue weighted by Crippen LogP contribution is -2.04. The summed E-state index contributed by atoms with van der Waals surface area (Å²) >= 11 is 0. The first kappa shape index (κ1) is 11.6. The van der Waals surface area contributed by atoms with Gasteiger partial charge in [-0.1, -0.05) is 13.8 Å². The van der Waals surface area contributed by atoms with Crippen LogP contribution in [0.25, 0.3) is 17.0 Å². The molecule has 98 valence electrons. The first-order valence-electron chi connectivity index (χ1n) is 6.15. The molecule has 7 heteroatoms. The molecule has 0 saturated heterocycles. The van der Waals surface area contributed by atoms with Gasteiger partial charge in [0.15, 0.2) is 5.65 Å². The molecule has 19 heavy (non-hydrogen) atoms. The van der Waals surface area contributed by atoms with Crippen molar-refractivity contribution in [1.29, 1.82) is 0 Å². The Hall–Kier alpha value is -2.44. The lowest BCUT2D eigenvalue weighted by Gasteiger charge is -2.01. The van der Waals surface area contributed by atoms with E-state index in [-0.39, 0.29) is 0 Å². The zero-order chi connectivity index (χ0) is 13.4. The molecule has 0 radical (unpaired) electrons. The molecule has 3 rings (SSSR count). The molecule has 0 aliphatic heterocycles. The first-order chi connectivity index (χ1) is 9.16. The average molecular weight is 257 g/mol. The van der Waals surface area contributed by atoms with Gasteiger partial charge >= 0.3 is 0 Å². The van der Waals surface area contributed by atoms with E-state index in [4.69, 9.17) is 5.73 Å². The third-order valence-corrected chi connectivity index (χ3v) is 2.83. The summed E-state index contributed by atoms with van der Waals surface area (Å²) in [4.78, 5) is 8.39. The van der Waals surface area contributed by atoms with Gasteiger partial charge < -0.3 is 5.73 Å². The van der Waals surface area contributed by atoms with Crippen LogP contribution in [0.4, 0.5) is 5.82 Å². The van der Waals surface area contributed by atoms with Gasteiger partial charge in [-0.2, -0.15) is 14.9 Å². The molecule has 0 bridgehead atoms. The first-order valence-corrected chi connectivity index (χ1v) is 6.15. The van der Waals surface area contributed by atoms with Gasteiger partial charge in [0.25, 0.3) is 5.95 Å². The van der Waals surface area contributed by atoms with Crippen molar-refractivity contribution in [2.75, 3.05) is 5.73 Å². The van der Waals surface area contributed by atoms with Gasteiger partial charge in [-0.15, -0.1) is 0 Å². The number of aromatic nitrogens is 6. The van der Waals surface area contributed by atoms with Gasteiger partial charge in [-0.25, -0.2) is 9.97 Å². The molecule has 3 aromatic heterocycles. The predicted molar refractivity (Wildman–Crippen MR) is 71.8 cm³/mol. The fourth-order valence-corrected chi connectivity index (χ4v) is 2.07. The fraction of sp³-hybridized carbons (Fsp3) is 0.333. The second-order valence-corrected chi connectivity index (χ2v) is 4.84. The third-order valence-electron chi connectivity index (χ3n) is 2.83. The lowest BCUT2D eigenvalue weighted by molar-refractivity contribution is 0.628. The molecule has 0 aromatic carbocycles. The summed E-state index contributed by atoms with van der Waals surface area (Å²) < 4.78 is 1.62. The van der Waals surface area contributed by atoms with Crippen molar-refractivity contribution in [3.8, 4) is 5.95 Å². The van der Waals surface area contributed by atoms with Crippen LogP contribution in [0.5, 0.6) is 0 Å². The second-order valence-electron chi connectivity index (χ2n) is 4.84. The van der Waals surface area contributed by atoms with E-state index in [2.05, 4.69) is 39.1 Å². The molecule has 0 saturated carbocycles. The Balaban J connectivity index is 2.21. The largest absolute Gasteiger partial charge is 0.383 e. The zero-order valence-electron chi connectivity index (χ0n) is 10.8. The van der Waals surface area contributed by atoms with Crippen LogP contribution < -0.4 is 5.73 Å². The Morgan fingerprint density at radius 2 is 2.05 bits per heavy atom. The molecule has 0 spiro atoms. The number of nitrogens with one attached hydrogen (secondary N) is 1. The minimum Gasteiger partial charge on any atom is -0.383 e. The summed E-state index contributed by atoms with van der Waals surface area (Å²) in [6.45, 7) is 4.28.